The number of carboxylic acids is 1. The lowest BCUT2D eigenvalue weighted by Gasteiger charge is -2.22. The van der Waals surface area contributed by atoms with Crippen molar-refractivity contribution in [1.82, 2.24) is 9.29 Å². The van der Waals surface area contributed by atoms with E-state index >= 15 is 0 Å². The van der Waals surface area contributed by atoms with Crippen molar-refractivity contribution < 1.29 is 18.3 Å². The summed E-state index contributed by atoms with van der Waals surface area (Å²) in [4.78, 5) is 15.7. The average Bonchev–Trinajstić information content (AvgIpc) is 3.19. The number of hydrogen-bond acceptors (Lipinski definition) is 5. The minimum Gasteiger partial charge on any atom is -0.481 e. The van der Waals surface area contributed by atoms with E-state index in [1.165, 1.54) is 21.8 Å². The van der Waals surface area contributed by atoms with Crippen molar-refractivity contribution >= 4 is 37.5 Å². The van der Waals surface area contributed by atoms with Gasteiger partial charge in [-0.1, -0.05) is 0 Å². The summed E-state index contributed by atoms with van der Waals surface area (Å²) in [5.41, 5.74) is 0.775. The van der Waals surface area contributed by atoms with E-state index in [1.54, 1.807) is 6.07 Å². The van der Waals surface area contributed by atoms with E-state index in [9.17, 15) is 18.3 Å². The maximum Gasteiger partial charge on any atom is 0.308 e. The van der Waals surface area contributed by atoms with Gasteiger partial charge in [0.2, 0.25) is 10.0 Å². The third-order valence-corrected chi connectivity index (χ3v) is 7.44. The van der Waals surface area contributed by atoms with Crippen LogP contribution in [-0.2, 0) is 14.8 Å². The second kappa shape index (κ2) is 4.74. The zero-order valence-corrected chi connectivity index (χ0v) is 13.2. The van der Waals surface area contributed by atoms with Crippen LogP contribution in [0.1, 0.15) is 19.3 Å². The Morgan fingerprint density at radius 3 is 2.95 bits per heavy atom. The monoisotopic (exact) mass is 338 g/mol. The van der Waals surface area contributed by atoms with Crippen LogP contribution in [-0.4, -0.2) is 40.9 Å². The van der Waals surface area contributed by atoms with Gasteiger partial charge in [0.1, 0.15) is 4.90 Å². The van der Waals surface area contributed by atoms with Gasteiger partial charge in [0.15, 0.2) is 0 Å². The van der Waals surface area contributed by atoms with Crippen LogP contribution in [0.4, 0.5) is 0 Å². The molecule has 0 aromatic carbocycles. The van der Waals surface area contributed by atoms with Crippen molar-refractivity contribution in [3.8, 4) is 0 Å². The number of thiophene rings is 1. The van der Waals surface area contributed by atoms with Crippen LogP contribution in [0, 0.1) is 5.92 Å². The van der Waals surface area contributed by atoms with Crippen molar-refractivity contribution in [3.05, 3.63) is 23.7 Å². The van der Waals surface area contributed by atoms with E-state index in [-0.39, 0.29) is 10.9 Å². The number of nitrogens with zero attached hydrogens (tertiary/aromatic N) is 2. The van der Waals surface area contributed by atoms with Crippen LogP contribution < -0.4 is 0 Å². The number of aromatic nitrogens is 1. The fourth-order valence-corrected chi connectivity index (χ4v) is 6.41. The molecule has 0 aliphatic carbocycles. The van der Waals surface area contributed by atoms with Crippen molar-refractivity contribution in [3.63, 3.8) is 0 Å². The van der Waals surface area contributed by atoms with Gasteiger partial charge in [-0.3, -0.25) is 9.78 Å². The highest BCUT2D eigenvalue weighted by Crippen LogP contribution is 2.45. The summed E-state index contributed by atoms with van der Waals surface area (Å²) in [7, 11) is -3.70. The lowest BCUT2D eigenvalue weighted by atomic mass is 9.89. The molecule has 2 aliphatic heterocycles. The fraction of sp³-hybridized carbons (Fsp3) is 0.429. The molecular formula is C14H14N2O4S2. The third-order valence-electron chi connectivity index (χ3n) is 4.64. The SMILES string of the molecule is O=C(O)C1CC2CCC1N2S(=O)(=O)c1cnc2ccsc2c1. The largest absolute Gasteiger partial charge is 0.481 e. The molecule has 22 heavy (non-hydrogen) atoms. The maximum absolute atomic E-state index is 12.9. The average molecular weight is 338 g/mol. The third kappa shape index (κ3) is 1.90. The molecule has 3 atom stereocenters. The van der Waals surface area contributed by atoms with Gasteiger partial charge in [0, 0.05) is 18.3 Å². The number of aliphatic carboxylic acids is 1. The number of hydrogen-bond donors (Lipinski definition) is 1. The summed E-state index contributed by atoms with van der Waals surface area (Å²) in [5.74, 6) is -1.49. The van der Waals surface area contributed by atoms with Crippen molar-refractivity contribution in [2.24, 2.45) is 5.92 Å². The Morgan fingerprint density at radius 2 is 2.23 bits per heavy atom. The summed E-state index contributed by atoms with van der Waals surface area (Å²) >= 11 is 1.44. The molecule has 0 radical (unpaired) electrons. The van der Waals surface area contributed by atoms with Gasteiger partial charge in [-0.15, -0.1) is 11.3 Å². The predicted octanol–water partition coefficient (Wildman–Crippen LogP) is 1.92. The summed E-state index contributed by atoms with van der Waals surface area (Å²) in [6, 6.07) is 2.85. The van der Waals surface area contributed by atoms with Crippen LogP contribution >= 0.6 is 11.3 Å². The zero-order chi connectivity index (χ0) is 15.5. The number of carbonyl (C=O) groups is 1. The Hall–Kier alpha value is -1.51. The van der Waals surface area contributed by atoms with E-state index < -0.39 is 28.0 Å². The Balaban J connectivity index is 1.76. The van der Waals surface area contributed by atoms with Crippen LogP contribution in [0.15, 0.2) is 28.6 Å². The lowest BCUT2D eigenvalue weighted by molar-refractivity contribution is -0.142. The molecule has 3 unspecified atom stereocenters. The number of fused-ring (bicyclic) bond motifs is 3. The molecule has 0 amide bonds. The van der Waals surface area contributed by atoms with E-state index in [0.717, 1.165) is 16.6 Å². The molecule has 0 saturated carbocycles. The maximum atomic E-state index is 12.9. The minimum absolute atomic E-state index is 0.158. The van der Waals surface area contributed by atoms with E-state index in [2.05, 4.69) is 4.98 Å². The van der Waals surface area contributed by atoms with Gasteiger partial charge in [-0.2, -0.15) is 4.31 Å². The molecule has 2 aromatic heterocycles. The standard InChI is InChI=1S/C14H14N2O4S2/c17-14(18)10-5-8-1-2-12(10)16(8)22(19,20)9-6-13-11(15-7-9)3-4-21-13/h3-4,6-8,10,12H,1-2,5H2,(H,17,18). The Labute approximate surface area is 131 Å². The van der Waals surface area contributed by atoms with E-state index in [4.69, 9.17) is 0 Å². The Morgan fingerprint density at radius 1 is 1.41 bits per heavy atom. The summed E-state index contributed by atoms with van der Waals surface area (Å²) in [6.45, 7) is 0. The fourth-order valence-electron chi connectivity index (χ4n) is 3.67. The highest BCUT2D eigenvalue weighted by Gasteiger charge is 2.54. The molecule has 116 valence electrons. The molecule has 0 spiro atoms. The minimum atomic E-state index is -3.70. The van der Waals surface area contributed by atoms with Crippen LogP contribution in [0.25, 0.3) is 10.2 Å². The molecule has 2 bridgehead atoms. The molecule has 2 saturated heterocycles. The zero-order valence-electron chi connectivity index (χ0n) is 11.5. The molecule has 4 heterocycles. The first-order chi connectivity index (χ1) is 10.5. The first-order valence-corrected chi connectivity index (χ1v) is 9.40. The molecule has 6 nitrogen and oxygen atoms in total. The van der Waals surface area contributed by atoms with Gasteiger partial charge in [0.25, 0.3) is 0 Å². The highest BCUT2D eigenvalue weighted by atomic mass is 32.2. The van der Waals surface area contributed by atoms with Crippen molar-refractivity contribution in [1.29, 1.82) is 0 Å². The molecule has 8 heteroatoms. The molecule has 4 rings (SSSR count). The first kappa shape index (κ1) is 14.1. The van der Waals surface area contributed by atoms with Crippen molar-refractivity contribution in [2.45, 2.75) is 36.2 Å². The normalized spacial score (nSPS) is 28.5. The van der Waals surface area contributed by atoms with Gasteiger partial charge in [-0.05, 0) is 36.8 Å². The highest BCUT2D eigenvalue weighted by molar-refractivity contribution is 7.89. The molecule has 2 fully saturated rings. The van der Waals surface area contributed by atoms with E-state index in [1.807, 2.05) is 11.4 Å². The predicted molar refractivity (Wildman–Crippen MR) is 81.2 cm³/mol. The summed E-state index contributed by atoms with van der Waals surface area (Å²) < 4.78 is 28.1. The lowest BCUT2D eigenvalue weighted by Crippen LogP contribution is -2.37. The topological polar surface area (TPSA) is 87.6 Å². The molecular weight excluding hydrogens is 324 g/mol. The summed E-state index contributed by atoms with van der Waals surface area (Å²) in [6.07, 6.45) is 3.14. The second-order valence-corrected chi connectivity index (χ2v) is 8.58. The number of sulfonamides is 1. The van der Waals surface area contributed by atoms with Gasteiger partial charge >= 0.3 is 5.97 Å². The Bertz CT molecular complexity index is 861. The van der Waals surface area contributed by atoms with Crippen LogP contribution in [0.2, 0.25) is 0 Å². The Kier molecular flexibility index (Phi) is 3.04. The van der Waals surface area contributed by atoms with E-state index in [0.29, 0.717) is 12.8 Å². The quantitative estimate of drug-likeness (QED) is 0.924. The second-order valence-electron chi connectivity index (χ2n) is 5.79. The number of pyridine rings is 1. The summed E-state index contributed by atoms with van der Waals surface area (Å²) in [5, 5.41) is 11.1. The van der Waals surface area contributed by atoms with Gasteiger partial charge in [-0.25, -0.2) is 8.42 Å². The molecule has 1 N–H and O–H groups in total. The van der Waals surface area contributed by atoms with Crippen molar-refractivity contribution in [2.75, 3.05) is 0 Å². The van der Waals surface area contributed by atoms with Crippen LogP contribution in [0.5, 0.6) is 0 Å². The molecule has 2 aromatic rings. The first-order valence-electron chi connectivity index (χ1n) is 7.08. The number of carboxylic acid groups (broad SMARTS) is 1. The van der Waals surface area contributed by atoms with Gasteiger partial charge in [0.05, 0.1) is 16.1 Å². The number of rotatable bonds is 3. The van der Waals surface area contributed by atoms with Crippen LogP contribution in [0.3, 0.4) is 0 Å². The molecule has 2 aliphatic rings. The van der Waals surface area contributed by atoms with Gasteiger partial charge < -0.3 is 5.11 Å². The smallest absolute Gasteiger partial charge is 0.308 e.